The number of carbonyl (C=O) groups is 1. The Balaban J connectivity index is 2.06. The second-order valence-electron chi connectivity index (χ2n) is 4.13. The summed E-state index contributed by atoms with van der Waals surface area (Å²) in [6, 6.07) is 9.08. The Morgan fingerprint density at radius 1 is 1.37 bits per heavy atom. The summed E-state index contributed by atoms with van der Waals surface area (Å²) >= 11 is 4.85. The van der Waals surface area contributed by atoms with E-state index in [1.165, 1.54) is 4.68 Å². The molecule has 1 heterocycles. The first-order chi connectivity index (χ1) is 9.06. The van der Waals surface area contributed by atoms with E-state index < -0.39 is 0 Å². The highest BCUT2D eigenvalue weighted by Crippen LogP contribution is 2.11. The third-order valence-electron chi connectivity index (χ3n) is 2.64. The third kappa shape index (κ3) is 3.38. The number of nitrogens with zero attached hydrogens (tertiary/aromatic N) is 2. The van der Waals surface area contributed by atoms with Crippen LogP contribution >= 0.6 is 12.2 Å². The molecular formula is C13H14N4OS. The second-order valence-corrected chi connectivity index (χ2v) is 4.66. The third-order valence-corrected chi connectivity index (χ3v) is 2.79. The maximum Gasteiger partial charge on any atom is 0.273 e. The molecule has 6 heteroatoms. The minimum atomic E-state index is -0.193. The first kappa shape index (κ1) is 13.2. The van der Waals surface area contributed by atoms with Crippen molar-refractivity contribution in [3.05, 3.63) is 47.8 Å². The van der Waals surface area contributed by atoms with Crippen LogP contribution in [0.1, 0.15) is 16.1 Å². The molecule has 1 amide bonds. The molecule has 0 aliphatic rings. The van der Waals surface area contributed by atoms with Gasteiger partial charge in [0, 0.05) is 25.4 Å². The van der Waals surface area contributed by atoms with Crippen molar-refractivity contribution < 1.29 is 4.79 Å². The minimum Gasteiger partial charge on any atom is -0.393 e. The van der Waals surface area contributed by atoms with E-state index in [1.807, 2.05) is 24.3 Å². The summed E-state index contributed by atoms with van der Waals surface area (Å²) in [4.78, 5) is 12.4. The minimum absolute atomic E-state index is 0.193. The van der Waals surface area contributed by atoms with E-state index in [1.54, 1.807) is 19.3 Å². The maximum absolute atomic E-state index is 11.9. The Kier molecular flexibility index (Phi) is 3.91. The van der Waals surface area contributed by atoms with Crippen molar-refractivity contribution in [2.45, 2.75) is 6.42 Å². The van der Waals surface area contributed by atoms with Crippen molar-refractivity contribution in [2.75, 3.05) is 5.32 Å². The van der Waals surface area contributed by atoms with Crippen LogP contribution in [-0.4, -0.2) is 20.7 Å². The van der Waals surface area contributed by atoms with Crippen LogP contribution in [0.3, 0.4) is 0 Å². The molecule has 0 radical (unpaired) electrons. The molecule has 0 spiro atoms. The quantitative estimate of drug-likeness (QED) is 0.829. The molecule has 0 saturated carbocycles. The summed E-state index contributed by atoms with van der Waals surface area (Å²) in [5, 5.41) is 6.76. The van der Waals surface area contributed by atoms with Crippen LogP contribution in [-0.2, 0) is 13.5 Å². The normalized spacial score (nSPS) is 10.2. The number of amides is 1. The highest BCUT2D eigenvalue weighted by atomic mass is 32.1. The van der Waals surface area contributed by atoms with Crippen LogP contribution in [0.25, 0.3) is 0 Å². The number of aromatic nitrogens is 2. The molecule has 98 valence electrons. The van der Waals surface area contributed by atoms with Gasteiger partial charge in [-0.2, -0.15) is 5.10 Å². The van der Waals surface area contributed by atoms with Gasteiger partial charge in [-0.05, 0) is 23.8 Å². The molecule has 3 N–H and O–H groups in total. The number of anilines is 1. The summed E-state index contributed by atoms with van der Waals surface area (Å²) in [5.74, 6) is -0.193. The molecule has 0 fully saturated rings. The lowest BCUT2D eigenvalue weighted by atomic mass is 10.1. The van der Waals surface area contributed by atoms with Crippen molar-refractivity contribution in [3.63, 3.8) is 0 Å². The first-order valence-electron chi connectivity index (χ1n) is 5.73. The van der Waals surface area contributed by atoms with Crippen molar-refractivity contribution in [3.8, 4) is 0 Å². The SMILES string of the molecule is Cn1nccc1C(=O)Nc1ccc(CC(N)=S)cc1. The number of hydrogen-bond donors (Lipinski definition) is 2. The van der Waals surface area contributed by atoms with Gasteiger partial charge in [0.1, 0.15) is 5.69 Å². The summed E-state index contributed by atoms with van der Waals surface area (Å²) < 4.78 is 1.52. The van der Waals surface area contributed by atoms with Crippen LogP contribution < -0.4 is 11.1 Å². The van der Waals surface area contributed by atoms with Gasteiger partial charge >= 0.3 is 0 Å². The predicted molar refractivity (Wildman–Crippen MR) is 78.1 cm³/mol. The zero-order chi connectivity index (χ0) is 13.8. The van der Waals surface area contributed by atoms with Crippen LogP contribution in [0.4, 0.5) is 5.69 Å². The average molecular weight is 274 g/mol. The van der Waals surface area contributed by atoms with Gasteiger partial charge in [0.2, 0.25) is 0 Å². The van der Waals surface area contributed by atoms with Gasteiger partial charge in [-0.1, -0.05) is 24.4 Å². The fourth-order valence-corrected chi connectivity index (χ4v) is 1.87. The lowest BCUT2D eigenvalue weighted by Crippen LogP contribution is -2.16. The van der Waals surface area contributed by atoms with E-state index >= 15 is 0 Å². The summed E-state index contributed by atoms with van der Waals surface area (Å²) in [6.45, 7) is 0. The summed E-state index contributed by atoms with van der Waals surface area (Å²) in [7, 11) is 1.72. The van der Waals surface area contributed by atoms with Crippen molar-refractivity contribution in [1.29, 1.82) is 0 Å². The largest absolute Gasteiger partial charge is 0.393 e. The van der Waals surface area contributed by atoms with Crippen LogP contribution in [0.5, 0.6) is 0 Å². The van der Waals surface area contributed by atoms with Gasteiger partial charge in [0.25, 0.3) is 5.91 Å². The number of nitrogens with one attached hydrogen (secondary N) is 1. The molecule has 0 atom stereocenters. The van der Waals surface area contributed by atoms with Gasteiger partial charge in [-0.3, -0.25) is 9.48 Å². The van der Waals surface area contributed by atoms with Crippen LogP contribution in [0.2, 0.25) is 0 Å². The number of benzene rings is 1. The van der Waals surface area contributed by atoms with Crippen LogP contribution in [0, 0.1) is 0 Å². The molecule has 2 rings (SSSR count). The Morgan fingerprint density at radius 3 is 2.58 bits per heavy atom. The van der Waals surface area contributed by atoms with E-state index in [0.717, 1.165) is 11.3 Å². The zero-order valence-electron chi connectivity index (χ0n) is 10.5. The van der Waals surface area contributed by atoms with E-state index in [2.05, 4.69) is 10.4 Å². The molecule has 19 heavy (non-hydrogen) atoms. The average Bonchev–Trinajstić information content (AvgIpc) is 2.77. The standard InChI is InChI=1S/C13H14N4OS/c1-17-11(6-7-15-17)13(18)16-10-4-2-9(3-5-10)8-12(14)19/h2-7H,8H2,1H3,(H2,14,19)(H,16,18). The smallest absolute Gasteiger partial charge is 0.273 e. The van der Waals surface area contributed by atoms with Gasteiger partial charge in [0.05, 0.1) is 4.99 Å². The molecular weight excluding hydrogens is 260 g/mol. The molecule has 0 saturated heterocycles. The molecule has 0 aliphatic carbocycles. The second kappa shape index (κ2) is 5.62. The van der Waals surface area contributed by atoms with Crippen molar-refractivity contribution >= 4 is 28.8 Å². The lowest BCUT2D eigenvalue weighted by Gasteiger charge is -2.06. The Labute approximate surface area is 116 Å². The number of nitrogens with two attached hydrogens (primary N) is 1. The summed E-state index contributed by atoms with van der Waals surface area (Å²) in [6.07, 6.45) is 2.14. The zero-order valence-corrected chi connectivity index (χ0v) is 11.3. The lowest BCUT2D eigenvalue weighted by molar-refractivity contribution is 0.101. The Bertz CT molecular complexity index is 603. The molecule has 0 bridgehead atoms. The van der Waals surface area contributed by atoms with Crippen molar-refractivity contribution in [2.24, 2.45) is 12.8 Å². The number of aryl methyl sites for hydroxylation is 1. The molecule has 2 aromatic rings. The number of carbonyl (C=O) groups excluding carboxylic acids is 1. The molecule has 5 nitrogen and oxygen atoms in total. The highest BCUT2D eigenvalue weighted by molar-refractivity contribution is 7.80. The Morgan fingerprint density at radius 2 is 2.05 bits per heavy atom. The topological polar surface area (TPSA) is 72.9 Å². The number of hydrogen-bond acceptors (Lipinski definition) is 3. The van der Waals surface area contributed by atoms with E-state index in [4.69, 9.17) is 18.0 Å². The van der Waals surface area contributed by atoms with Crippen molar-refractivity contribution in [1.82, 2.24) is 9.78 Å². The van der Waals surface area contributed by atoms with E-state index in [9.17, 15) is 4.79 Å². The first-order valence-corrected chi connectivity index (χ1v) is 6.13. The van der Waals surface area contributed by atoms with Gasteiger partial charge in [-0.15, -0.1) is 0 Å². The number of rotatable bonds is 4. The fourth-order valence-electron chi connectivity index (χ4n) is 1.70. The van der Waals surface area contributed by atoms with Gasteiger partial charge in [-0.25, -0.2) is 0 Å². The molecule has 0 unspecified atom stereocenters. The predicted octanol–water partition coefficient (Wildman–Crippen LogP) is 1.50. The van der Waals surface area contributed by atoms with Crippen LogP contribution in [0.15, 0.2) is 36.5 Å². The Hall–Kier alpha value is -2.21. The highest BCUT2D eigenvalue weighted by Gasteiger charge is 2.09. The molecule has 1 aromatic heterocycles. The monoisotopic (exact) mass is 274 g/mol. The van der Waals surface area contributed by atoms with E-state index in [-0.39, 0.29) is 5.91 Å². The van der Waals surface area contributed by atoms with Gasteiger partial charge in [0.15, 0.2) is 0 Å². The molecule has 1 aromatic carbocycles. The molecule has 0 aliphatic heterocycles. The fraction of sp³-hybridized carbons (Fsp3) is 0.154. The summed E-state index contributed by atoms with van der Waals surface area (Å²) in [5.41, 5.74) is 7.72. The van der Waals surface area contributed by atoms with Gasteiger partial charge < -0.3 is 11.1 Å². The number of thiocarbonyl (C=S) groups is 1. The van der Waals surface area contributed by atoms with E-state index in [0.29, 0.717) is 17.1 Å². The maximum atomic E-state index is 11.9.